The molecule has 0 atom stereocenters. The predicted molar refractivity (Wildman–Crippen MR) is 85.8 cm³/mol. The molecular formula is C17H22N4O. The second kappa shape index (κ2) is 6.01. The molecule has 22 heavy (non-hydrogen) atoms. The lowest BCUT2D eigenvalue weighted by atomic mass is 9.80. The van der Waals surface area contributed by atoms with E-state index in [0.29, 0.717) is 5.92 Å². The molecule has 3 rings (SSSR count). The van der Waals surface area contributed by atoms with E-state index < -0.39 is 0 Å². The van der Waals surface area contributed by atoms with E-state index in [2.05, 4.69) is 32.0 Å². The zero-order valence-corrected chi connectivity index (χ0v) is 13.3. The summed E-state index contributed by atoms with van der Waals surface area (Å²) in [6.45, 7) is 4.71. The normalized spacial score (nSPS) is 20.5. The lowest BCUT2D eigenvalue weighted by Crippen LogP contribution is -2.28. The molecule has 0 unspecified atom stereocenters. The van der Waals surface area contributed by atoms with Crippen molar-refractivity contribution in [1.29, 1.82) is 0 Å². The highest BCUT2D eigenvalue weighted by Crippen LogP contribution is 2.36. The van der Waals surface area contributed by atoms with Crippen LogP contribution in [0.1, 0.15) is 41.5 Å². The van der Waals surface area contributed by atoms with Crippen LogP contribution in [0.3, 0.4) is 0 Å². The maximum absolute atomic E-state index is 9.49. The molecule has 1 aliphatic rings. The summed E-state index contributed by atoms with van der Waals surface area (Å²) in [5.74, 6) is 2.08. The van der Waals surface area contributed by atoms with Crippen molar-refractivity contribution in [3.63, 3.8) is 0 Å². The molecule has 5 nitrogen and oxygen atoms in total. The Morgan fingerprint density at radius 3 is 2.68 bits per heavy atom. The Morgan fingerprint density at radius 1 is 1.23 bits per heavy atom. The van der Waals surface area contributed by atoms with Crippen LogP contribution in [-0.2, 0) is 6.54 Å². The monoisotopic (exact) mass is 298 g/mol. The van der Waals surface area contributed by atoms with Crippen LogP contribution in [0.25, 0.3) is 0 Å². The van der Waals surface area contributed by atoms with Crippen LogP contribution in [0, 0.1) is 13.8 Å². The first-order chi connectivity index (χ1) is 10.5. The minimum atomic E-state index is -0.166. The lowest BCUT2D eigenvalue weighted by Gasteiger charge is -2.31. The summed E-state index contributed by atoms with van der Waals surface area (Å²) in [6, 6.07) is 6.17. The molecule has 1 N–H and O–H groups in total. The third-order valence-corrected chi connectivity index (χ3v) is 4.15. The van der Waals surface area contributed by atoms with Crippen LogP contribution in [0.2, 0.25) is 0 Å². The summed E-state index contributed by atoms with van der Waals surface area (Å²) in [5.41, 5.74) is 3.28. The molecule has 2 heterocycles. The van der Waals surface area contributed by atoms with Gasteiger partial charge >= 0.3 is 0 Å². The van der Waals surface area contributed by atoms with E-state index in [1.54, 1.807) is 0 Å². The summed E-state index contributed by atoms with van der Waals surface area (Å²) in [7, 11) is 2.04. The quantitative estimate of drug-likeness (QED) is 0.939. The van der Waals surface area contributed by atoms with Crippen LogP contribution >= 0.6 is 0 Å². The Morgan fingerprint density at radius 2 is 2.00 bits per heavy atom. The zero-order valence-electron chi connectivity index (χ0n) is 13.3. The fourth-order valence-corrected chi connectivity index (χ4v) is 2.87. The van der Waals surface area contributed by atoms with Crippen molar-refractivity contribution in [2.24, 2.45) is 0 Å². The van der Waals surface area contributed by atoms with Gasteiger partial charge in [-0.25, -0.2) is 9.97 Å². The average Bonchev–Trinajstić information content (AvgIpc) is 2.43. The number of anilines is 1. The number of nitrogens with zero attached hydrogens (tertiary/aromatic N) is 4. The van der Waals surface area contributed by atoms with E-state index in [1.807, 2.05) is 33.2 Å². The molecular weight excluding hydrogens is 276 g/mol. The zero-order chi connectivity index (χ0) is 15.7. The van der Waals surface area contributed by atoms with Crippen LogP contribution in [0.5, 0.6) is 0 Å². The number of rotatable bonds is 4. The van der Waals surface area contributed by atoms with Crippen LogP contribution in [0.4, 0.5) is 5.82 Å². The van der Waals surface area contributed by atoms with Crippen molar-refractivity contribution in [3.05, 3.63) is 47.2 Å². The summed E-state index contributed by atoms with van der Waals surface area (Å²) in [6.07, 6.45) is 3.29. The van der Waals surface area contributed by atoms with E-state index in [1.165, 1.54) is 5.56 Å². The Hall–Kier alpha value is -2.01. The van der Waals surface area contributed by atoms with Gasteiger partial charge in [0.15, 0.2) is 0 Å². The highest BCUT2D eigenvalue weighted by Gasteiger charge is 2.30. The Kier molecular flexibility index (Phi) is 4.07. The molecule has 5 heteroatoms. The Bertz CT molecular complexity index is 667. The maximum atomic E-state index is 9.49. The topological polar surface area (TPSA) is 62.1 Å². The summed E-state index contributed by atoms with van der Waals surface area (Å²) < 4.78 is 0. The van der Waals surface area contributed by atoms with E-state index in [-0.39, 0.29) is 6.10 Å². The van der Waals surface area contributed by atoms with Crippen LogP contribution < -0.4 is 4.90 Å². The van der Waals surface area contributed by atoms with Gasteiger partial charge in [-0.3, -0.25) is 4.98 Å². The fourth-order valence-electron chi connectivity index (χ4n) is 2.87. The van der Waals surface area contributed by atoms with Gasteiger partial charge in [0.05, 0.1) is 6.10 Å². The van der Waals surface area contributed by atoms with E-state index in [9.17, 15) is 5.11 Å². The number of aromatic nitrogens is 3. The molecule has 0 aliphatic heterocycles. The standard InChI is InChI=1S/C17H22N4O/c1-11-6-13(4-5-18-11)10-21(3)17-9-16(19-12(2)20-17)14-7-15(22)8-14/h4-6,9,14-15,22H,7-8,10H2,1-3H3. The Labute approximate surface area is 131 Å². The number of aliphatic hydroxyl groups is 1. The number of pyridine rings is 1. The first kappa shape index (κ1) is 14.9. The van der Waals surface area contributed by atoms with Crippen molar-refractivity contribution in [2.45, 2.75) is 45.3 Å². The molecule has 0 saturated heterocycles. The summed E-state index contributed by atoms with van der Waals surface area (Å²) in [4.78, 5) is 15.4. The minimum absolute atomic E-state index is 0.166. The number of aryl methyl sites for hydroxylation is 2. The Balaban J connectivity index is 1.78. The van der Waals surface area contributed by atoms with Crippen molar-refractivity contribution in [2.75, 3.05) is 11.9 Å². The van der Waals surface area contributed by atoms with Gasteiger partial charge in [-0.15, -0.1) is 0 Å². The predicted octanol–water partition coefficient (Wildman–Crippen LogP) is 2.36. The van der Waals surface area contributed by atoms with Crippen molar-refractivity contribution >= 4 is 5.82 Å². The molecule has 2 aromatic heterocycles. The highest BCUT2D eigenvalue weighted by molar-refractivity contribution is 5.41. The molecule has 1 fully saturated rings. The first-order valence-corrected chi connectivity index (χ1v) is 7.67. The van der Waals surface area contributed by atoms with E-state index in [4.69, 9.17) is 0 Å². The lowest BCUT2D eigenvalue weighted by molar-refractivity contribution is 0.0731. The van der Waals surface area contributed by atoms with Gasteiger partial charge < -0.3 is 10.0 Å². The van der Waals surface area contributed by atoms with Gasteiger partial charge in [-0.1, -0.05) is 0 Å². The molecule has 0 spiro atoms. The van der Waals surface area contributed by atoms with Gasteiger partial charge in [0.2, 0.25) is 0 Å². The average molecular weight is 298 g/mol. The highest BCUT2D eigenvalue weighted by atomic mass is 16.3. The second-order valence-electron chi connectivity index (χ2n) is 6.18. The smallest absolute Gasteiger partial charge is 0.132 e. The fraction of sp³-hybridized carbons (Fsp3) is 0.471. The largest absolute Gasteiger partial charge is 0.393 e. The van der Waals surface area contributed by atoms with Gasteiger partial charge in [-0.05, 0) is 44.4 Å². The van der Waals surface area contributed by atoms with Crippen molar-refractivity contribution in [3.8, 4) is 0 Å². The second-order valence-corrected chi connectivity index (χ2v) is 6.18. The van der Waals surface area contributed by atoms with E-state index in [0.717, 1.165) is 42.4 Å². The SMILES string of the molecule is Cc1cc(CN(C)c2cc(C3CC(O)C3)nc(C)n2)ccn1. The van der Waals surface area contributed by atoms with Gasteiger partial charge in [-0.2, -0.15) is 0 Å². The van der Waals surface area contributed by atoms with Gasteiger partial charge in [0.25, 0.3) is 0 Å². The molecule has 1 saturated carbocycles. The van der Waals surface area contributed by atoms with Gasteiger partial charge in [0, 0.05) is 43.2 Å². The minimum Gasteiger partial charge on any atom is -0.393 e. The summed E-state index contributed by atoms with van der Waals surface area (Å²) in [5, 5.41) is 9.49. The molecule has 116 valence electrons. The first-order valence-electron chi connectivity index (χ1n) is 7.67. The van der Waals surface area contributed by atoms with Crippen LogP contribution in [0.15, 0.2) is 24.4 Å². The number of hydrogen-bond donors (Lipinski definition) is 1. The summed E-state index contributed by atoms with van der Waals surface area (Å²) >= 11 is 0. The van der Waals surface area contributed by atoms with E-state index >= 15 is 0 Å². The maximum Gasteiger partial charge on any atom is 0.132 e. The van der Waals surface area contributed by atoms with Crippen molar-refractivity contribution in [1.82, 2.24) is 15.0 Å². The molecule has 2 aromatic rings. The van der Waals surface area contributed by atoms with Crippen LogP contribution in [-0.4, -0.2) is 33.2 Å². The molecule has 0 radical (unpaired) electrons. The molecule has 0 amide bonds. The number of hydrogen-bond acceptors (Lipinski definition) is 5. The third-order valence-electron chi connectivity index (χ3n) is 4.15. The van der Waals surface area contributed by atoms with Crippen molar-refractivity contribution < 1.29 is 5.11 Å². The van der Waals surface area contributed by atoms with Gasteiger partial charge in [0.1, 0.15) is 11.6 Å². The number of aliphatic hydroxyl groups excluding tert-OH is 1. The molecule has 0 aromatic carbocycles. The molecule has 1 aliphatic carbocycles. The third kappa shape index (κ3) is 3.25. The molecule has 0 bridgehead atoms.